The Labute approximate surface area is 520 Å². The quantitative estimate of drug-likeness (QED) is 0.0195. The van der Waals surface area contributed by atoms with E-state index in [2.05, 4.69) is 111 Å². The van der Waals surface area contributed by atoms with Gasteiger partial charge in [-0.05, 0) is 103 Å². The van der Waals surface area contributed by atoms with Gasteiger partial charge < -0.3 is 45.1 Å². The number of rotatable bonds is 59. The van der Waals surface area contributed by atoms with Crippen LogP contribution >= 0.6 is 0 Å². The summed E-state index contributed by atoms with van der Waals surface area (Å²) in [6.07, 6.45) is 71.6. The van der Waals surface area contributed by atoms with Crippen molar-refractivity contribution in [1.29, 1.82) is 0 Å². The molecule has 1 amide bonds. The van der Waals surface area contributed by atoms with E-state index in [4.69, 9.17) is 14.2 Å². The van der Waals surface area contributed by atoms with Gasteiger partial charge in [-0.25, -0.2) is 0 Å². The highest BCUT2D eigenvalue weighted by Crippen LogP contribution is 2.26. The molecule has 6 N–H and O–H groups in total. The van der Waals surface area contributed by atoms with Crippen LogP contribution in [0.4, 0.5) is 0 Å². The maximum absolute atomic E-state index is 13.5. The van der Waals surface area contributed by atoms with E-state index in [1.807, 2.05) is 6.08 Å². The highest BCUT2D eigenvalue weighted by molar-refractivity contribution is 5.80. The number of ether oxygens (including phenoxy) is 3. The summed E-state index contributed by atoms with van der Waals surface area (Å²) in [5, 5.41) is 57.2. The summed E-state index contributed by atoms with van der Waals surface area (Å²) in [6, 6.07) is -1.04. The van der Waals surface area contributed by atoms with Crippen LogP contribution in [0.3, 0.4) is 0 Å². The summed E-state index contributed by atoms with van der Waals surface area (Å²) in [5.74, 6) is -1.23. The molecule has 1 saturated heterocycles. The Balaban J connectivity index is 2.62. The summed E-state index contributed by atoms with van der Waals surface area (Å²) in [6.45, 7) is 5.66. The number of unbranched alkanes of at least 4 members (excludes halogenated alkanes) is 31. The van der Waals surface area contributed by atoms with Crippen molar-refractivity contribution < 1.29 is 49.3 Å². The molecule has 1 aliphatic heterocycles. The van der Waals surface area contributed by atoms with E-state index in [-0.39, 0.29) is 19.4 Å². The first-order valence-corrected chi connectivity index (χ1v) is 35.0. The molecule has 0 saturated carbocycles. The molecular formula is C74H129NO10. The fourth-order valence-electron chi connectivity index (χ4n) is 10.5. The Hall–Kier alpha value is -3.42. The minimum Gasteiger partial charge on any atom is -0.454 e. The lowest BCUT2D eigenvalue weighted by atomic mass is 9.99. The largest absolute Gasteiger partial charge is 0.454 e. The number of aliphatic hydroxyl groups is 5. The van der Waals surface area contributed by atoms with E-state index in [1.54, 1.807) is 6.08 Å². The zero-order chi connectivity index (χ0) is 61.7. The van der Waals surface area contributed by atoms with Crippen molar-refractivity contribution in [3.05, 3.63) is 97.2 Å². The van der Waals surface area contributed by atoms with Crippen molar-refractivity contribution in [2.45, 2.75) is 346 Å². The molecule has 11 nitrogen and oxygen atoms in total. The third-order valence-electron chi connectivity index (χ3n) is 16.0. The average Bonchev–Trinajstić information content (AvgIpc) is 2.49. The van der Waals surface area contributed by atoms with Crippen molar-refractivity contribution in [3.8, 4) is 0 Å². The van der Waals surface area contributed by atoms with Crippen molar-refractivity contribution in [1.82, 2.24) is 5.32 Å². The van der Waals surface area contributed by atoms with E-state index in [0.29, 0.717) is 12.8 Å². The predicted octanol–water partition coefficient (Wildman–Crippen LogP) is 17.8. The molecule has 0 aromatic carbocycles. The van der Waals surface area contributed by atoms with Gasteiger partial charge in [-0.2, -0.15) is 0 Å². The van der Waals surface area contributed by atoms with Crippen LogP contribution in [0.1, 0.15) is 297 Å². The first-order valence-electron chi connectivity index (χ1n) is 35.0. The average molecular weight is 1190 g/mol. The Kier molecular flexibility index (Phi) is 57.0. The number of hydrogen-bond donors (Lipinski definition) is 6. The topological polar surface area (TPSA) is 175 Å². The highest BCUT2D eigenvalue weighted by atomic mass is 16.7. The second kappa shape index (κ2) is 60.8. The molecule has 490 valence electrons. The molecule has 0 aliphatic carbocycles. The van der Waals surface area contributed by atoms with Gasteiger partial charge in [-0.3, -0.25) is 9.59 Å². The second-order valence-corrected chi connectivity index (χ2v) is 23.9. The summed E-state index contributed by atoms with van der Waals surface area (Å²) in [5.41, 5.74) is 0. The summed E-state index contributed by atoms with van der Waals surface area (Å²) in [7, 11) is 0. The van der Waals surface area contributed by atoms with Gasteiger partial charge >= 0.3 is 5.97 Å². The molecule has 8 unspecified atom stereocenters. The van der Waals surface area contributed by atoms with Crippen LogP contribution < -0.4 is 5.32 Å². The third-order valence-corrected chi connectivity index (χ3v) is 16.0. The molecule has 85 heavy (non-hydrogen) atoms. The predicted molar refractivity (Wildman–Crippen MR) is 356 cm³/mol. The van der Waals surface area contributed by atoms with Crippen LogP contribution in [0, 0.1) is 0 Å². The molecule has 8 atom stereocenters. The number of nitrogens with one attached hydrogen (secondary N) is 1. The van der Waals surface area contributed by atoms with Crippen LogP contribution in [0.2, 0.25) is 0 Å². The molecule has 0 spiro atoms. The maximum atomic E-state index is 13.5. The molecule has 1 fully saturated rings. The Morgan fingerprint density at radius 3 is 1.29 bits per heavy atom. The summed E-state index contributed by atoms with van der Waals surface area (Å²) >= 11 is 0. The van der Waals surface area contributed by atoms with Gasteiger partial charge in [-0.15, -0.1) is 0 Å². The number of esters is 1. The minimum absolute atomic E-state index is 0.0811. The molecule has 11 heteroatoms. The first-order chi connectivity index (χ1) is 41.7. The van der Waals surface area contributed by atoms with Gasteiger partial charge in [-0.1, -0.05) is 285 Å². The monoisotopic (exact) mass is 1190 g/mol. The fourth-order valence-corrected chi connectivity index (χ4v) is 10.5. The number of allylic oxidation sites excluding steroid dienone is 15. The zero-order valence-electron chi connectivity index (χ0n) is 54.5. The van der Waals surface area contributed by atoms with Crippen molar-refractivity contribution >= 4 is 11.9 Å². The van der Waals surface area contributed by atoms with Crippen LogP contribution in [-0.4, -0.2) is 99.6 Å². The van der Waals surface area contributed by atoms with E-state index in [9.17, 15) is 35.1 Å². The van der Waals surface area contributed by atoms with Gasteiger partial charge in [0, 0.05) is 6.42 Å². The van der Waals surface area contributed by atoms with Gasteiger partial charge in [0.2, 0.25) is 5.91 Å². The Morgan fingerprint density at radius 2 is 0.847 bits per heavy atom. The molecule has 1 aliphatic rings. The molecule has 1 heterocycles. The van der Waals surface area contributed by atoms with Gasteiger partial charge in [0.25, 0.3) is 0 Å². The first kappa shape index (κ1) is 79.6. The lowest BCUT2D eigenvalue weighted by molar-refractivity contribution is -0.305. The van der Waals surface area contributed by atoms with E-state index in [1.165, 1.54) is 154 Å². The minimum atomic E-state index is -1.63. The van der Waals surface area contributed by atoms with Crippen molar-refractivity contribution in [3.63, 3.8) is 0 Å². The number of carbonyl (C=O) groups is 2. The second-order valence-electron chi connectivity index (χ2n) is 23.9. The smallest absolute Gasteiger partial charge is 0.306 e. The standard InChI is InChI=1S/C74H129NO10/c1-4-7-10-13-16-19-22-25-27-29-31-32-33-34-35-37-38-40-43-46-49-52-55-58-61-67(78)73(82)75-65(66(77)60-57-54-51-48-45-42-24-21-18-15-12-9-6-3)64-83-74-72(71(81)70(80)68(63-76)84-74)85-69(79)62-59-56-53-50-47-44-41-39-36-30-28-26-23-20-17-14-11-8-5-2/h8,11,16-17,19-20,25-28,36,39,44,47,57,60,65-68,70-72,74,76-78,80-81H,4-7,9-10,12-15,18,21-24,29-35,37-38,40-43,45-46,48-56,58-59,61-64H2,1-3H3,(H,75,82)/b11-8-,19-16-,20-17-,27-25-,28-26-,39-36-,47-44-,60-57+. The summed E-state index contributed by atoms with van der Waals surface area (Å²) < 4.78 is 17.7. The van der Waals surface area contributed by atoms with Gasteiger partial charge in [0.1, 0.15) is 24.4 Å². The molecule has 0 radical (unpaired) electrons. The number of aliphatic hydroxyl groups excluding tert-OH is 5. The molecule has 0 bridgehead atoms. The highest BCUT2D eigenvalue weighted by Gasteiger charge is 2.47. The Bertz CT molecular complexity index is 1750. The number of carbonyl (C=O) groups excluding carboxylic acids is 2. The van der Waals surface area contributed by atoms with E-state index < -0.39 is 67.4 Å². The van der Waals surface area contributed by atoms with Crippen LogP contribution in [0.25, 0.3) is 0 Å². The third kappa shape index (κ3) is 48.2. The van der Waals surface area contributed by atoms with Gasteiger partial charge in [0.15, 0.2) is 12.4 Å². The Morgan fingerprint density at radius 1 is 0.471 bits per heavy atom. The summed E-state index contributed by atoms with van der Waals surface area (Å²) in [4.78, 5) is 26.7. The normalized spacial score (nSPS) is 19.0. The maximum Gasteiger partial charge on any atom is 0.306 e. The fraction of sp³-hybridized carbons (Fsp3) is 0.757. The molecule has 0 aromatic heterocycles. The molecule has 1 rings (SSSR count). The zero-order valence-corrected chi connectivity index (χ0v) is 54.5. The van der Waals surface area contributed by atoms with Crippen LogP contribution in [0.15, 0.2) is 97.2 Å². The molecule has 0 aromatic rings. The van der Waals surface area contributed by atoms with E-state index >= 15 is 0 Å². The van der Waals surface area contributed by atoms with Gasteiger partial charge in [0.05, 0.1) is 25.4 Å². The SMILES string of the molecule is CC/C=C\C/C=C\C/C=C\C/C=C\C/C=C\CCCCCC(=O)OC1C(OCC(NC(=O)C(O)CCCCCCCCCCCCCCCC/C=C\C/C=C\CCCCC)C(O)/C=C/CCCCCCCCCCCCC)OC(CO)C(O)C1O. The lowest BCUT2D eigenvalue weighted by Gasteiger charge is -2.41. The lowest BCUT2D eigenvalue weighted by Crippen LogP contribution is -2.61. The molecular weight excluding hydrogens is 1060 g/mol. The van der Waals surface area contributed by atoms with E-state index in [0.717, 1.165) is 96.3 Å². The number of hydrogen-bond acceptors (Lipinski definition) is 10. The van der Waals surface area contributed by atoms with Crippen LogP contribution in [-0.2, 0) is 23.8 Å². The number of amides is 1. The van der Waals surface area contributed by atoms with Crippen molar-refractivity contribution in [2.24, 2.45) is 0 Å². The van der Waals surface area contributed by atoms with Crippen molar-refractivity contribution in [2.75, 3.05) is 13.2 Å². The van der Waals surface area contributed by atoms with Crippen LogP contribution in [0.5, 0.6) is 0 Å².